The zero-order valence-corrected chi connectivity index (χ0v) is 10.2. The summed E-state index contributed by atoms with van der Waals surface area (Å²) in [6.07, 6.45) is 0.320. The predicted molar refractivity (Wildman–Crippen MR) is 64.3 cm³/mol. The Hall–Kier alpha value is -1.71. The van der Waals surface area contributed by atoms with Crippen molar-refractivity contribution in [2.45, 2.75) is 26.4 Å². The molecule has 0 spiro atoms. The minimum absolute atomic E-state index is 0.0617. The zero-order chi connectivity index (χ0) is 12.3. The summed E-state index contributed by atoms with van der Waals surface area (Å²) in [5.41, 5.74) is 2.38. The number of alkyl carbamates (subject to hydrolysis) is 1. The smallest absolute Gasteiger partial charge is 0.407 e. The molecule has 17 heavy (non-hydrogen) atoms. The lowest BCUT2D eigenvalue weighted by atomic mass is 10.1. The molecule has 1 heterocycles. The van der Waals surface area contributed by atoms with E-state index < -0.39 is 0 Å². The van der Waals surface area contributed by atoms with Crippen LogP contribution in [-0.2, 0) is 4.74 Å². The van der Waals surface area contributed by atoms with Crippen LogP contribution in [0.5, 0.6) is 5.75 Å². The van der Waals surface area contributed by atoms with Gasteiger partial charge in [0.15, 0.2) is 0 Å². The molecule has 1 aliphatic heterocycles. The van der Waals surface area contributed by atoms with E-state index in [1.54, 1.807) is 0 Å². The third-order valence-corrected chi connectivity index (χ3v) is 2.65. The van der Waals surface area contributed by atoms with Crippen molar-refractivity contribution >= 4 is 6.09 Å². The van der Waals surface area contributed by atoms with Gasteiger partial charge in [-0.15, -0.1) is 0 Å². The van der Waals surface area contributed by atoms with Crippen molar-refractivity contribution in [3.05, 3.63) is 29.3 Å². The van der Waals surface area contributed by atoms with Gasteiger partial charge in [-0.2, -0.15) is 0 Å². The van der Waals surface area contributed by atoms with Gasteiger partial charge in [-0.05, 0) is 37.1 Å². The van der Waals surface area contributed by atoms with Crippen molar-refractivity contribution < 1.29 is 14.3 Å². The lowest BCUT2D eigenvalue weighted by Gasteiger charge is -2.10. The van der Waals surface area contributed by atoms with E-state index in [9.17, 15) is 4.79 Å². The van der Waals surface area contributed by atoms with Crippen molar-refractivity contribution in [3.63, 3.8) is 0 Å². The monoisotopic (exact) mass is 235 g/mol. The lowest BCUT2D eigenvalue weighted by Crippen LogP contribution is -2.17. The van der Waals surface area contributed by atoms with Crippen molar-refractivity contribution in [1.29, 1.82) is 0 Å². The third kappa shape index (κ3) is 3.37. The SMILES string of the molecule is Cc1cc(C)cc(OCC[C@H]2CNC(=O)O2)c1. The molecule has 1 atom stereocenters. The first-order valence-electron chi connectivity index (χ1n) is 5.79. The highest BCUT2D eigenvalue weighted by molar-refractivity contribution is 5.69. The van der Waals surface area contributed by atoms with Crippen molar-refractivity contribution in [1.82, 2.24) is 5.32 Å². The van der Waals surface area contributed by atoms with E-state index >= 15 is 0 Å². The number of ether oxygens (including phenoxy) is 2. The normalized spacial score (nSPS) is 18.7. The summed E-state index contributed by atoms with van der Waals surface area (Å²) < 4.78 is 10.7. The van der Waals surface area contributed by atoms with Gasteiger partial charge in [-0.25, -0.2) is 4.79 Å². The molecule has 4 heteroatoms. The first-order valence-corrected chi connectivity index (χ1v) is 5.79. The summed E-state index contributed by atoms with van der Waals surface area (Å²) in [7, 11) is 0. The van der Waals surface area contributed by atoms with Gasteiger partial charge in [0, 0.05) is 6.42 Å². The second kappa shape index (κ2) is 5.08. The van der Waals surface area contributed by atoms with E-state index in [2.05, 4.69) is 11.4 Å². The van der Waals surface area contributed by atoms with E-state index in [0.717, 1.165) is 5.75 Å². The molecule has 1 saturated heterocycles. The molecule has 0 aliphatic carbocycles. The highest BCUT2D eigenvalue weighted by Crippen LogP contribution is 2.17. The van der Waals surface area contributed by atoms with Crippen LogP contribution in [0.2, 0.25) is 0 Å². The number of amides is 1. The number of hydrogen-bond donors (Lipinski definition) is 1. The number of cyclic esters (lactones) is 1. The van der Waals surface area contributed by atoms with E-state index in [-0.39, 0.29) is 12.2 Å². The Bertz CT molecular complexity index is 397. The Morgan fingerprint density at radius 1 is 1.35 bits per heavy atom. The molecule has 1 aromatic carbocycles. The van der Waals surface area contributed by atoms with E-state index in [0.29, 0.717) is 19.6 Å². The van der Waals surface area contributed by atoms with Gasteiger partial charge in [-0.1, -0.05) is 6.07 Å². The fraction of sp³-hybridized carbons (Fsp3) is 0.462. The standard InChI is InChI=1S/C13H17NO3/c1-9-5-10(2)7-12(6-9)16-4-3-11-8-14-13(15)17-11/h5-7,11H,3-4,8H2,1-2H3,(H,14,15)/t11-/m0/s1. The Labute approximate surface area is 101 Å². The van der Waals surface area contributed by atoms with Crippen molar-refractivity contribution in [2.75, 3.05) is 13.2 Å². The number of carbonyl (C=O) groups excluding carboxylic acids is 1. The molecule has 1 N–H and O–H groups in total. The molecule has 2 rings (SSSR count). The molecular weight excluding hydrogens is 218 g/mol. The van der Waals surface area contributed by atoms with Crippen LogP contribution >= 0.6 is 0 Å². The first kappa shape index (κ1) is 11.8. The quantitative estimate of drug-likeness (QED) is 0.870. The van der Waals surface area contributed by atoms with Gasteiger partial charge in [-0.3, -0.25) is 0 Å². The summed E-state index contributed by atoms with van der Waals surface area (Å²) in [6.45, 7) is 5.22. The molecule has 0 radical (unpaired) electrons. The molecular formula is C13H17NO3. The fourth-order valence-electron chi connectivity index (χ4n) is 1.92. The van der Waals surface area contributed by atoms with Gasteiger partial charge in [0.05, 0.1) is 13.2 Å². The molecule has 1 aliphatic rings. The predicted octanol–water partition coefficient (Wildman–Crippen LogP) is 2.18. The largest absolute Gasteiger partial charge is 0.493 e. The molecule has 0 unspecified atom stereocenters. The van der Waals surface area contributed by atoms with Crippen LogP contribution in [0, 0.1) is 13.8 Å². The number of rotatable bonds is 4. The van der Waals surface area contributed by atoms with E-state index in [4.69, 9.17) is 9.47 Å². The van der Waals surface area contributed by atoms with Gasteiger partial charge in [0.2, 0.25) is 0 Å². The van der Waals surface area contributed by atoms with Crippen LogP contribution in [0.3, 0.4) is 0 Å². The number of carbonyl (C=O) groups is 1. The molecule has 0 aromatic heterocycles. The second-order valence-corrected chi connectivity index (χ2v) is 4.37. The first-order chi connectivity index (χ1) is 8.13. The van der Waals surface area contributed by atoms with E-state index in [1.165, 1.54) is 11.1 Å². The van der Waals surface area contributed by atoms with Gasteiger partial charge in [0.25, 0.3) is 0 Å². The molecule has 1 amide bonds. The van der Waals surface area contributed by atoms with Crippen molar-refractivity contribution in [3.8, 4) is 5.75 Å². The van der Waals surface area contributed by atoms with Crippen LogP contribution in [0.25, 0.3) is 0 Å². The van der Waals surface area contributed by atoms with Crippen LogP contribution < -0.4 is 10.1 Å². The summed E-state index contributed by atoms with van der Waals surface area (Å²) in [4.78, 5) is 10.8. The van der Waals surface area contributed by atoms with Crippen LogP contribution in [0.15, 0.2) is 18.2 Å². The number of benzene rings is 1. The maximum Gasteiger partial charge on any atom is 0.407 e. The summed E-state index contributed by atoms with van der Waals surface area (Å²) >= 11 is 0. The van der Waals surface area contributed by atoms with Crippen LogP contribution in [0.4, 0.5) is 4.79 Å². The van der Waals surface area contributed by atoms with Gasteiger partial charge in [0.1, 0.15) is 11.9 Å². The molecule has 92 valence electrons. The topological polar surface area (TPSA) is 47.6 Å². The maximum atomic E-state index is 10.8. The Balaban J connectivity index is 1.79. The minimum atomic E-state index is -0.332. The Morgan fingerprint density at radius 3 is 2.65 bits per heavy atom. The van der Waals surface area contributed by atoms with Gasteiger partial charge < -0.3 is 14.8 Å². The van der Waals surface area contributed by atoms with Crippen LogP contribution in [0.1, 0.15) is 17.5 Å². The number of nitrogens with one attached hydrogen (secondary N) is 1. The highest BCUT2D eigenvalue weighted by Gasteiger charge is 2.21. The number of aryl methyl sites for hydroxylation is 2. The summed E-state index contributed by atoms with van der Waals surface area (Å²) in [5, 5.41) is 2.62. The molecule has 0 bridgehead atoms. The maximum absolute atomic E-state index is 10.8. The Kier molecular flexibility index (Phi) is 3.52. The summed E-state index contributed by atoms with van der Waals surface area (Å²) in [5.74, 6) is 0.875. The molecule has 1 fully saturated rings. The molecule has 4 nitrogen and oxygen atoms in total. The molecule has 1 aromatic rings. The second-order valence-electron chi connectivity index (χ2n) is 4.37. The van der Waals surface area contributed by atoms with Crippen LogP contribution in [-0.4, -0.2) is 25.3 Å². The van der Waals surface area contributed by atoms with Gasteiger partial charge >= 0.3 is 6.09 Å². The summed E-state index contributed by atoms with van der Waals surface area (Å²) in [6, 6.07) is 6.12. The highest BCUT2D eigenvalue weighted by atomic mass is 16.6. The molecule has 0 saturated carbocycles. The Morgan fingerprint density at radius 2 is 2.06 bits per heavy atom. The fourth-order valence-corrected chi connectivity index (χ4v) is 1.92. The number of hydrogen-bond acceptors (Lipinski definition) is 3. The van der Waals surface area contributed by atoms with Crippen molar-refractivity contribution in [2.24, 2.45) is 0 Å². The third-order valence-electron chi connectivity index (χ3n) is 2.65. The van der Waals surface area contributed by atoms with E-state index in [1.807, 2.05) is 26.0 Å². The zero-order valence-electron chi connectivity index (χ0n) is 10.2. The average molecular weight is 235 g/mol. The average Bonchev–Trinajstić information content (AvgIpc) is 2.63. The minimum Gasteiger partial charge on any atom is -0.493 e. The lowest BCUT2D eigenvalue weighted by molar-refractivity contribution is 0.124.